The van der Waals surface area contributed by atoms with Crippen molar-refractivity contribution >= 4 is 5.91 Å². The van der Waals surface area contributed by atoms with Crippen LogP contribution in [0, 0.1) is 5.41 Å². The predicted octanol–water partition coefficient (Wildman–Crippen LogP) is -0.139. The molecule has 1 heterocycles. The highest BCUT2D eigenvalue weighted by Gasteiger charge is 2.38. The Morgan fingerprint density at radius 1 is 1.80 bits per heavy atom. The summed E-state index contributed by atoms with van der Waals surface area (Å²) in [6.45, 7) is 3.29. The summed E-state index contributed by atoms with van der Waals surface area (Å²) in [6.07, 6.45) is 1.76. The Bertz CT molecular complexity index is 141. The summed E-state index contributed by atoms with van der Waals surface area (Å²) in [6, 6.07) is 0. The van der Waals surface area contributed by atoms with E-state index in [1.165, 1.54) is 0 Å². The lowest BCUT2D eigenvalue weighted by atomic mass is 9.84. The van der Waals surface area contributed by atoms with Crippen molar-refractivity contribution in [2.75, 3.05) is 13.1 Å². The van der Waals surface area contributed by atoms with Crippen molar-refractivity contribution in [1.82, 2.24) is 5.32 Å². The Hall–Kier alpha value is -0.570. The quantitative estimate of drug-likeness (QED) is 0.564. The smallest absolute Gasteiger partial charge is 0.227 e. The molecule has 1 unspecified atom stereocenters. The number of carbonyl (C=O) groups excluding carboxylic acids is 1. The van der Waals surface area contributed by atoms with Gasteiger partial charge in [-0.15, -0.1) is 0 Å². The van der Waals surface area contributed by atoms with Gasteiger partial charge in [0, 0.05) is 13.1 Å². The molecular weight excluding hydrogens is 128 g/mol. The van der Waals surface area contributed by atoms with E-state index in [0.717, 1.165) is 19.4 Å². The van der Waals surface area contributed by atoms with E-state index in [1.54, 1.807) is 0 Å². The van der Waals surface area contributed by atoms with Crippen molar-refractivity contribution in [1.29, 1.82) is 0 Å². The molecule has 10 heavy (non-hydrogen) atoms. The summed E-state index contributed by atoms with van der Waals surface area (Å²) in [5.74, 6) is 0.137. The average molecular weight is 142 g/mol. The molecule has 1 aliphatic heterocycles. The Morgan fingerprint density at radius 2 is 2.50 bits per heavy atom. The Kier molecular flexibility index (Phi) is 1.94. The first-order valence-corrected chi connectivity index (χ1v) is 3.73. The lowest BCUT2D eigenvalue weighted by molar-refractivity contribution is -0.127. The van der Waals surface area contributed by atoms with E-state index >= 15 is 0 Å². The largest absolute Gasteiger partial charge is 0.356 e. The molecule has 0 saturated carbocycles. The SMILES string of the molecule is CCC1(CN)CCNC1=O. The molecule has 0 spiro atoms. The third kappa shape index (κ3) is 0.904. The number of carbonyl (C=O) groups is 1. The van der Waals surface area contributed by atoms with Gasteiger partial charge in [-0.3, -0.25) is 4.79 Å². The van der Waals surface area contributed by atoms with Gasteiger partial charge in [0.2, 0.25) is 5.91 Å². The van der Waals surface area contributed by atoms with E-state index in [0.29, 0.717) is 6.54 Å². The highest BCUT2D eigenvalue weighted by atomic mass is 16.2. The number of hydrogen-bond acceptors (Lipinski definition) is 2. The van der Waals surface area contributed by atoms with Crippen LogP contribution in [0.15, 0.2) is 0 Å². The van der Waals surface area contributed by atoms with Crippen LogP contribution in [-0.4, -0.2) is 19.0 Å². The molecule has 0 aliphatic carbocycles. The molecule has 0 bridgehead atoms. The van der Waals surface area contributed by atoms with E-state index in [9.17, 15) is 4.79 Å². The van der Waals surface area contributed by atoms with Gasteiger partial charge in [-0.25, -0.2) is 0 Å². The maximum Gasteiger partial charge on any atom is 0.227 e. The first-order valence-electron chi connectivity index (χ1n) is 3.73. The Labute approximate surface area is 61.0 Å². The van der Waals surface area contributed by atoms with E-state index in [1.807, 2.05) is 6.92 Å². The molecule has 1 rings (SSSR count). The fraction of sp³-hybridized carbons (Fsp3) is 0.857. The lowest BCUT2D eigenvalue weighted by Gasteiger charge is -2.20. The first-order chi connectivity index (χ1) is 4.75. The maximum atomic E-state index is 11.2. The zero-order chi connectivity index (χ0) is 7.61. The molecule has 1 atom stereocenters. The van der Waals surface area contributed by atoms with E-state index in [4.69, 9.17) is 5.73 Å². The normalized spacial score (nSPS) is 32.4. The van der Waals surface area contributed by atoms with Gasteiger partial charge in [0.05, 0.1) is 5.41 Å². The summed E-state index contributed by atoms with van der Waals surface area (Å²) in [5.41, 5.74) is 5.27. The van der Waals surface area contributed by atoms with E-state index in [2.05, 4.69) is 5.32 Å². The highest BCUT2D eigenvalue weighted by molar-refractivity contribution is 5.84. The molecule has 58 valence electrons. The zero-order valence-electron chi connectivity index (χ0n) is 6.31. The third-order valence-corrected chi connectivity index (χ3v) is 2.44. The van der Waals surface area contributed by atoms with Crippen LogP contribution in [0.3, 0.4) is 0 Å². The number of amides is 1. The second-order valence-electron chi connectivity index (χ2n) is 2.84. The first kappa shape index (κ1) is 7.54. The number of nitrogens with one attached hydrogen (secondary N) is 1. The van der Waals surface area contributed by atoms with Gasteiger partial charge in [-0.05, 0) is 12.8 Å². The summed E-state index contributed by atoms with van der Waals surface area (Å²) < 4.78 is 0. The van der Waals surface area contributed by atoms with Crippen LogP contribution in [0.4, 0.5) is 0 Å². The molecule has 1 aliphatic rings. The second kappa shape index (κ2) is 2.58. The van der Waals surface area contributed by atoms with Crippen LogP contribution in [-0.2, 0) is 4.79 Å². The van der Waals surface area contributed by atoms with E-state index < -0.39 is 0 Å². The van der Waals surface area contributed by atoms with Crippen LogP contribution < -0.4 is 11.1 Å². The molecule has 0 aromatic heterocycles. The monoisotopic (exact) mass is 142 g/mol. The molecule has 0 aromatic carbocycles. The highest BCUT2D eigenvalue weighted by Crippen LogP contribution is 2.28. The topological polar surface area (TPSA) is 55.1 Å². The molecule has 0 aromatic rings. The lowest BCUT2D eigenvalue weighted by Crippen LogP contribution is -2.37. The minimum atomic E-state index is -0.236. The number of rotatable bonds is 2. The standard InChI is InChI=1S/C7H14N2O/c1-2-7(5-8)3-4-9-6(7)10/h2-5,8H2,1H3,(H,9,10). The van der Waals surface area contributed by atoms with Crippen molar-refractivity contribution in [3.63, 3.8) is 0 Å². The second-order valence-corrected chi connectivity index (χ2v) is 2.84. The van der Waals surface area contributed by atoms with Gasteiger partial charge in [0.1, 0.15) is 0 Å². The molecule has 1 amide bonds. The van der Waals surface area contributed by atoms with Gasteiger partial charge < -0.3 is 11.1 Å². The number of nitrogens with two attached hydrogens (primary N) is 1. The van der Waals surface area contributed by atoms with Crippen molar-refractivity contribution in [3.8, 4) is 0 Å². The van der Waals surface area contributed by atoms with Crippen molar-refractivity contribution < 1.29 is 4.79 Å². The Morgan fingerprint density at radius 3 is 2.70 bits per heavy atom. The van der Waals surface area contributed by atoms with Crippen molar-refractivity contribution in [3.05, 3.63) is 0 Å². The molecule has 1 fully saturated rings. The summed E-state index contributed by atoms with van der Waals surface area (Å²) >= 11 is 0. The minimum Gasteiger partial charge on any atom is -0.356 e. The summed E-state index contributed by atoms with van der Waals surface area (Å²) in [7, 11) is 0. The molecule has 0 radical (unpaired) electrons. The van der Waals surface area contributed by atoms with Gasteiger partial charge in [0.25, 0.3) is 0 Å². The molecular formula is C7H14N2O. The van der Waals surface area contributed by atoms with Gasteiger partial charge in [-0.2, -0.15) is 0 Å². The number of hydrogen-bond donors (Lipinski definition) is 2. The van der Waals surface area contributed by atoms with Crippen LogP contribution in [0.5, 0.6) is 0 Å². The Balaban J connectivity index is 2.71. The molecule has 3 heteroatoms. The van der Waals surface area contributed by atoms with Crippen molar-refractivity contribution in [2.24, 2.45) is 11.1 Å². The van der Waals surface area contributed by atoms with E-state index in [-0.39, 0.29) is 11.3 Å². The molecule has 3 nitrogen and oxygen atoms in total. The van der Waals surface area contributed by atoms with Gasteiger partial charge in [0.15, 0.2) is 0 Å². The zero-order valence-corrected chi connectivity index (χ0v) is 6.31. The fourth-order valence-electron chi connectivity index (χ4n) is 1.39. The van der Waals surface area contributed by atoms with Crippen molar-refractivity contribution in [2.45, 2.75) is 19.8 Å². The van der Waals surface area contributed by atoms with Crippen LogP contribution >= 0.6 is 0 Å². The summed E-state index contributed by atoms with van der Waals surface area (Å²) in [4.78, 5) is 11.2. The average Bonchev–Trinajstić information content (AvgIpc) is 2.32. The minimum absolute atomic E-state index is 0.137. The van der Waals surface area contributed by atoms with Crippen LogP contribution in [0.2, 0.25) is 0 Å². The van der Waals surface area contributed by atoms with Gasteiger partial charge in [-0.1, -0.05) is 6.92 Å². The van der Waals surface area contributed by atoms with Crippen LogP contribution in [0.1, 0.15) is 19.8 Å². The maximum absolute atomic E-state index is 11.2. The predicted molar refractivity (Wildman–Crippen MR) is 39.4 cm³/mol. The third-order valence-electron chi connectivity index (χ3n) is 2.44. The molecule has 3 N–H and O–H groups in total. The summed E-state index contributed by atoms with van der Waals surface area (Å²) in [5, 5.41) is 2.79. The fourth-order valence-corrected chi connectivity index (χ4v) is 1.39. The van der Waals surface area contributed by atoms with Gasteiger partial charge >= 0.3 is 0 Å². The van der Waals surface area contributed by atoms with Crippen LogP contribution in [0.25, 0.3) is 0 Å². The molecule has 1 saturated heterocycles.